The van der Waals surface area contributed by atoms with Gasteiger partial charge in [0.2, 0.25) is 5.91 Å². The van der Waals surface area contributed by atoms with E-state index >= 15 is 0 Å². The second-order valence-corrected chi connectivity index (χ2v) is 6.27. The van der Waals surface area contributed by atoms with Crippen LogP contribution < -0.4 is 5.32 Å². The van der Waals surface area contributed by atoms with Gasteiger partial charge in [0.15, 0.2) is 0 Å². The van der Waals surface area contributed by atoms with Gasteiger partial charge in [-0.25, -0.2) is 4.98 Å². The summed E-state index contributed by atoms with van der Waals surface area (Å²) in [7, 11) is 3.85. The van der Waals surface area contributed by atoms with Crippen molar-refractivity contribution in [2.24, 2.45) is 0 Å². The average molecular weight is 347 g/mol. The number of carbonyl (C=O) groups excluding carboxylic acids is 3. The molecule has 2 heterocycles. The second-order valence-electron chi connectivity index (χ2n) is 6.27. The number of pyridine rings is 1. The molecule has 8 heteroatoms. The molecule has 1 aliphatic heterocycles. The standard InChI is InChI=1S/C17H25N5O3/c1-13(23)21-9-11-22(12-10-21)17(25)15-6-4-5-14(19-15)16(24)18-7-8-20(2)3/h4-6H,7-12H2,1-3H3,(H,18,24). The molecule has 0 aromatic carbocycles. The first-order valence-corrected chi connectivity index (χ1v) is 8.33. The Morgan fingerprint density at radius 3 is 2.28 bits per heavy atom. The molecular formula is C17H25N5O3. The first-order chi connectivity index (χ1) is 11.9. The third-order valence-electron chi connectivity index (χ3n) is 4.06. The molecule has 0 bridgehead atoms. The van der Waals surface area contributed by atoms with E-state index in [4.69, 9.17) is 0 Å². The van der Waals surface area contributed by atoms with Crippen LogP contribution in [0.4, 0.5) is 0 Å². The smallest absolute Gasteiger partial charge is 0.272 e. The van der Waals surface area contributed by atoms with Crippen LogP contribution in [0.2, 0.25) is 0 Å². The first-order valence-electron chi connectivity index (χ1n) is 8.33. The van der Waals surface area contributed by atoms with Crippen LogP contribution in [0.5, 0.6) is 0 Å². The summed E-state index contributed by atoms with van der Waals surface area (Å²) in [4.78, 5) is 45.6. The molecule has 3 amide bonds. The van der Waals surface area contributed by atoms with E-state index in [1.807, 2.05) is 19.0 Å². The molecule has 25 heavy (non-hydrogen) atoms. The molecule has 1 aliphatic rings. The summed E-state index contributed by atoms with van der Waals surface area (Å²) in [6, 6.07) is 4.86. The Labute approximate surface area is 147 Å². The Morgan fingerprint density at radius 2 is 1.68 bits per heavy atom. The number of rotatable bonds is 5. The number of nitrogens with zero attached hydrogens (tertiary/aromatic N) is 4. The van der Waals surface area contributed by atoms with Crippen molar-refractivity contribution in [1.29, 1.82) is 0 Å². The maximum atomic E-state index is 12.6. The molecule has 0 radical (unpaired) electrons. The van der Waals surface area contributed by atoms with Crippen molar-refractivity contribution >= 4 is 17.7 Å². The highest BCUT2D eigenvalue weighted by Gasteiger charge is 2.24. The Balaban J connectivity index is 1.97. The summed E-state index contributed by atoms with van der Waals surface area (Å²) in [5.74, 6) is -0.495. The van der Waals surface area contributed by atoms with Gasteiger partial charge in [-0.05, 0) is 26.2 Å². The van der Waals surface area contributed by atoms with Crippen LogP contribution in [0.1, 0.15) is 27.9 Å². The first kappa shape index (κ1) is 18.9. The summed E-state index contributed by atoms with van der Waals surface area (Å²) in [5.41, 5.74) is 0.475. The van der Waals surface area contributed by atoms with Crippen molar-refractivity contribution in [2.45, 2.75) is 6.92 Å². The zero-order chi connectivity index (χ0) is 18.4. The summed E-state index contributed by atoms with van der Waals surface area (Å²) >= 11 is 0. The Hall–Kier alpha value is -2.48. The number of nitrogens with one attached hydrogen (secondary N) is 1. The Kier molecular flexibility index (Phi) is 6.46. The van der Waals surface area contributed by atoms with Gasteiger partial charge in [0, 0.05) is 46.2 Å². The molecule has 1 N–H and O–H groups in total. The third-order valence-corrected chi connectivity index (χ3v) is 4.06. The van der Waals surface area contributed by atoms with Gasteiger partial charge in [-0.1, -0.05) is 6.07 Å². The number of hydrogen-bond donors (Lipinski definition) is 1. The van der Waals surface area contributed by atoms with Crippen LogP contribution in [0.15, 0.2) is 18.2 Å². The van der Waals surface area contributed by atoms with Crippen LogP contribution in [0.3, 0.4) is 0 Å². The third kappa shape index (κ3) is 5.25. The molecule has 8 nitrogen and oxygen atoms in total. The lowest BCUT2D eigenvalue weighted by atomic mass is 10.2. The van der Waals surface area contributed by atoms with E-state index in [-0.39, 0.29) is 29.1 Å². The van der Waals surface area contributed by atoms with Crippen molar-refractivity contribution in [3.63, 3.8) is 0 Å². The molecule has 0 saturated carbocycles. The van der Waals surface area contributed by atoms with Gasteiger partial charge in [0.25, 0.3) is 11.8 Å². The number of piperazine rings is 1. The number of carbonyl (C=O) groups is 3. The van der Waals surface area contributed by atoms with E-state index in [9.17, 15) is 14.4 Å². The summed E-state index contributed by atoms with van der Waals surface area (Å²) < 4.78 is 0. The fourth-order valence-electron chi connectivity index (χ4n) is 2.55. The SMILES string of the molecule is CC(=O)N1CCN(C(=O)c2cccc(C(=O)NCCN(C)C)n2)CC1. The number of amides is 3. The van der Waals surface area contributed by atoms with E-state index in [0.29, 0.717) is 32.7 Å². The van der Waals surface area contributed by atoms with Gasteiger partial charge in [-0.15, -0.1) is 0 Å². The summed E-state index contributed by atoms with van der Waals surface area (Å²) in [6.45, 7) is 4.75. The van der Waals surface area contributed by atoms with Crippen LogP contribution in [-0.2, 0) is 4.79 Å². The molecule has 1 aromatic rings. The zero-order valence-corrected chi connectivity index (χ0v) is 15.0. The van der Waals surface area contributed by atoms with Gasteiger partial charge < -0.3 is 20.0 Å². The molecule has 136 valence electrons. The van der Waals surface area contributed by atoms with Crippen molar-refractivity contribution in [2.75, 3.05) is 53.4 Å². The zero-order valence-electron chi connectivity index (χ0n) is 15.0. The minimum atomic E-state index is -0.294. The molecule has 0 atom stereocenters. The van der Waals surface area contributed by atoms with Crippen LogP contribution >= 0.6 is 0 Å². The number of likely N-dealkylation sites (N-methyl/N-ethyl adjacent to an activating group) is 1. The lowest BCUT2D eigenvalue weighted by Gasteiger charge is -2.34. The second kappa shape index (κ2) is 8.57. The fraction of sp³-hybridized carbons (Fsp3) is 0.529. The van der Waals surface area contributed by atoms with Crippen molar-refractivity contribution in [3.05, 3.63) is 29.6 Å². The van der Waals surface area contributed by atoms with Crippen molar-refractivity contribution in [1.82, 2.24) is 25.0 Å². The number of aromatic nitrogens is 1. The Morgan fingerprint density at radius 1 is 1.08 bits per heavy atom. The predicted molar refractivity (Wildman–Crippen MR) is 93.3 cm³/mol. The monoisotopic (exact) mass is 347 g/mol. The molecule has 0 unspecified atom stereocenters. The molecule has 0 aliphatic carbocycles. The number of hydrogen-bond acceptors (Lipinski definition) is 5. The molecule has 1 fully saturated rings. The lowest BCUT2D eigenvalue weighted by molar-refractivity contribution is -0.130. The quantitative estimate of drug-likeness (QED) is 0.789. The normalized spacial score (nSPS) is 14.6. The van der Waals surface area contributed by atoms with Gasteiger partial charge in [0.05, 0.1) is 0 Å². The molecule has 2 rings (SSSR count). The van der Waals surface area contributed by atoms with Crippen LogP contribution in [-0.4, -0.2) is 90.8 Å². The van der Waals surface area contributed by atoms with Crippen LogP contribution in [0.25, 0.3) is 0 Å². The minimum Gasteiger partial charge on any atom is -0.349 e. The molecular weight excluding hydrogens is 322 g/mol. The van der Waals surface area contributed by atoms with E-state index in [1.54, 1.807) is 28.0 Å². The molecule has 0 spiro atoms. The van der Waals surface area contributed by atoms with E-state index < -0.39 is 0 Å². The van der Waals surface area contributed by atoms with Crippen LogP contribution in [0, 0.1) is 0 Å². The maximum absolute atomic E-state index is 12.6. The van der Waals surface area contributed by atoms with Crippen molar-refractivity contribution < 1.29 is 14.4 Å². The van der Waals surface area contributed by atoms with Gasteiger partial charge in [-0.2, -0.15) is 0 Å². The fourth-order valence-corrected chi connectivity index (χ4v) is 2.55. The van der Waals surface area contributed by atoms with Gasteiger partial charge >= 0.3 is 0 Å². The largest absolute Gasteiger partial charge is 0.349 e. The highest BCUT2D eigenvalue weighted by Crippen LogP contribution is 2.08. The summed E-state index contributed by atoms with van der Waals surface area (Å²) in [6.07, 6.45) is 0. The van der Waals surface area contributed by atoms with E-state index in [1.165, 1.54) is 6.92 Å². The van der Waals surface area contributed by atoms with Crippen molar-refractivity contribution in [3.8, 4) is 0 Å². The molecule has 1 aromatic heterocycles. The predicted octanol–water partition coefficient (Wildman–Crippen LogP) is -0.323. The molecule has 1 saturated heterocycles. The maximum Gasteiger partial charge on any atom is 0.272 e. The average Bonchev–Trinajstić information content (AvgIpc) is 2.61. The van der Waals surface area contributed by atoms with Gasteiger partial charge in [-0.3, -0.25) is 14.4 Å². The van der Waals surface area contributed by atoms with E-state index in [2.05, 4.69) is 10.3 Å². The van der Waals surface area contributed by atoms with Gasteiger partial charge in [0.1, 0.15) is 11.4 Å². The van der Waals surface area contributed by atoms with E-state index in [0.717, 1.165) is 6.54 Å². The lowest BCUT2D eigenvalue weighted by Crippen LogP contribution is -2.50. The Bertz CT molecular complexity index is 639. The summed E-state index contributed by atoms with van der Waals surface area (Å²) in [5, 5.41) is 2.78. The topological polar surface area (TPSA) is 85.8 Å². The highest BCUT2D eigenvalue weighted by molar-refractivity contribution is 5.96. The highest BCUT2D eigenvalue weighted by atomic mass is 16.2. The minimum absolute atomic E-state index is 0.0154.